The van der Waals surface area contributed by atoms with E-state index in [0.717, 1.165) is 13.0 Å². The van der Waals surface area contributed by atoms with Crippen molar-refractivity contribution in [2.24, 2.45) is 5.92 Å². The van der Waals surface area contributed by atoms with Gasteiger partial charge in [0.15, 0.2) is 0 Å². The van der Waals surface area contributed by atoms with E-state index in [9.17, 15) is 4.79 Å². The lowest BCUT2D eigenvalue weighted by Crippen LogP contribution is -2.21. The zero-order chi connectivity index (χ0) is 12.8. The van der Waals surface area contributed by atoms with E-state index in [-0.39, 0.29) is 11.9 Å². The highest BCUT2D eigenvalue weighted by Crippen LogP contribution is 2.23. The van der Waals surface area contributed by atoms with Crippen LogP contribution in [0.25, 0.3) is 0 Å². The van der Waals surface area contributed by atoms with Gasteiger partial charge in [0.05, 0.1) is 6.61 Å². The van der Waals surface area contributed by atoms with Crippen molar-refractivity contribution < 1.29 is 9.53 Å². The Kier molecular flexibility index (Phi) is 5.12. The van der Waals surface area contributed by atoms with Crippen LogP contribution in [0.1, 0.15) is 45.9 Å². The van der Waals surface area contributed by atoms with Gasteiger partial charge in [0, 0.05) is 6.54 Å². The molecule has 0 aliphatic carbocycles. The SMILES string of the molecule is CCOC(=O)C(CC(C)C)c1nncn1CC. The molecule has 0 saturated carbocycles. The molecule has 0 N–H and O–H groups in total. The quantitative estimate of drug-likeness (QED) is 0.712. The third-order valence-corrected chi connectivity index (χ3v) is 2.58. The molecular weight excluding hydrogens is 218 g/mol. The highest BCUT2D eigenvalue weighted by molar-refractivity contribution is 5.77. The molecule has 1 atom stereocenters. The minimum atomic E-state index is -0.308. The molecule has 1 rings (SSSR count). The number of esters is 1. The van der Waals surface area contributed by atoms with E-state index in [2.05, 4.69) is 24.0 Å². The normalized spacial score (nSPS) is 12.8. The molecular formula is C12H21N3O2. The minimum absolute atomic E-state index is 0.205. The number of hydrogen-bond acceptors (Lipinski definition) is 4. The summed E-state index contributed by atoms with van der Waals surface area (Å²) in [7, 11) is 0. The standard InChI is InChI=1S/C12H21N3O2/c1-5-15-8-13-14-11(15)10(7-9(3)4)12(16)17-6-2/h8-10H,5-7H2,1-4H3. The number of nitrogens with zero attached hydrogens (tertiary/aromatic N) is 3. The summed E-state index contributed by atoms with van der Waals surface area (Å²) >= 11 is 0. The number of carbonyl (C=O) groups excluding carboxylic acids is 1. The zero-order valence-electron chi connectivity index (χ0n) is 11.0. The maximum Gasteiger partial charge on any atom is 0.316 e. The third kappa shape index (κ3) is 3.54. The van der Waals surface area contributed by atoms with Crippen molar-refractivity contribution in [1.29, 1.82) is 0 Å². The Balaban J connectivity index is 2.93. The smallest absolute Gasteiger partial charge is 0.316 e. The van der Waals surface area contributed by atoms with Crippen molar-refractivity contribution >= 4 is 5.97 Å². The molecule has 17 heavy (non-hydrogen) atoms. The van der Waals surface area contributed by atoms with Gasteiger partial charge in [-0.05, 0) is 26.2 Å². The molecule has 5 nitrogen and oxygen atoms in total. The summed E-state index contributed by atoms with van der Waals surface area (Å²) in [5.74, 6) is 0.604. The lowest BCUT2D eigenvalue weighted by Gasteiger charge is -2.17. The molecule has 0 aliphatic rings. The summed E-state index contributed by atoms with van der Waals surface area (Å²) in [5.41, 5.74) is 0. The van der Waals surface area contributed by atoms with Gasteiger partial charge in [-0.1, -0.05) is 13.8 Å². The van der Waals surface area contributed by atoms with Gasteiger partial charge in [0.2, 0.25) is 0 Å². The van der Waals surface area contributed by atoms with E-state index in [4.69, 9.17) is 4.74 Å². The Morgan fingerprint density at radius 3 is 2.71 bits per heavy atom. The number of hydrogen-bond donors (Lipinski definition) is 0. The predicted octanol–water partition coefficient (Wildman–Crippen LogP) is 1.99. The van der Waals surface area contributed by atoms with Gasteiger partial charge in [-0.3, -0.25) is 4.79 Å². The molecule has 0 aliphatic heterocycles. The molecule has 1 heterocycles. The Morgan fingerprint density at radius 2 is 2.18 bits per heavy atom. The maximum absolute atomic E-state index is 11.9. The van der Waals surface area contributed by atoms with Crippen molar-refractivity contribution in [3.05, 3.63) is 12.2 Å². The lowest BCUT2D eigenvalue weighted by atomic mass is 9.96. The summed E-state index contributed by atoms with van der Waals surface area (Å²) < 4.78 is 7.00. The van der Waals surface area contributed by atoms with E-state index >= 15 is 0 Å². The number of aryl methyl sites for hydroxylation is 1. The first-order chi connectivity index (χ1) is 8.10. The molecule has 5 heteroatoms. The van der Waals surface area contributed by atoms with E-state index in [1.54, 1.807) is 6.33 Å². The molecule has 0 spiro atoms. The van der Waals surface area contributed by atoms with Crippen LogP contribution in [0.3, 0.4) is 0 Å². The minimum Gasteiger partial charge on any atom is -0.465 e. The molecule has 1 aromatic rings. The third-order valence-electron chi connectivity index (χ3n) is 2.58. The molecule has 1 unspecified atom stereocenters. The largest absolute Gasteiger partial charge is 0.465 e. The van der Waals surface area contributed by atoms with Gasteiger partial charge in [-0.15, -0.1) is 10.2 Å². The fraction of sp³-hybridized carbons (Fsp3) is 0.750. The Hall–Kier alpha value is -1.39. The van der Waals surface area contributed by atoms with Crippen molar-refractivity contribution in [3.8, 4) is 0 Å². The zero-order valence-corrected chi connectivity index (χ0v) is 11.0. The number of carbonyl (C=O) groups is 1. The van der Waals surface area contributed by atoms with Crippen molar-refractivity contribution in [3.63, 3.8) is 0 Å². The average molecular weight is 239 g/mol. The predicted molar refractivity (Wildman–Crippen MR) is 64.5 cm³/mol. The van der Waals surface area contributed by atoms with Gasteiger partial charge < -0.3 is 9.30 Å². The van der Waals surface area contributed by atoms with Gasteiger partial charge in [0.1, 0.15) is 18.1 Å². The highest BCUT2D eigenvalue weighted by Gasteiger charge is 2.27. The first kappa shape index (κ1) is 13.7. The van der Waals surface area contributed by atoms with E-state index < -0.39 is 0 Å². The number of aromatic nitrogens is 3. The van der Waals surface area contributed by atoms with Crippen LogP contribution in [0, 0.1) is 5.92 Å². The summed E-state index contributed by atoms with van der Waals surface area (Å²) in [6, 6.07) is 0. The van der Waals surface area contributed by atoms with Gasteiger partial charge in [-0.2, -0.15) is 0 Å². The van der Waals surface area contributed by atoms with E-state index in [1.165, 1.54) is 0 Å². The van der Waals surface area contributed by atoms with E-state index in [1.807, 2.05) is 18.4 Å². The lowest BCUT2D eigenvalue weighted by molar-refractivity contribution is -0.145. The molecule has 0 radical (unpaired) electrons. The molecule has 1 aromatic heterocycles. The summed E-state index contributed by atoms with van der Waals surface area (Å²) in [6.07, 6.45) is 2.39. The molecule has 0 amide bonds. The summed E-state index contributed by atoms with van der Waals surface area (Å²) in [4.78, 5) is 11.9. The van der Waals surface area contributed by atoms with Crippen LogP contribution in [0.4, 0.5) is 0 Å². The maximum atomic E-state index is 11.9. The fourth-order valence-corrected chi connectivity index (χ4v) is 1.80. The second-order valence-electron chi connectivity index (χ2n) is 4.41. The van der Waals surface area contributed by atoms with E-state index in [0.29, 0.717) is 18.3 Å². The first-order valence-electron chi connectivity index (χ1n) is 6.14. The summed E-state index contributed by atoms with van der Waals surface area (Å²) in [6.45, 7) is 9.14. The second-order valence-corrected chi connectivity index (χ2v) is 4.41. The Labute approximate surface area is 102 Å². The van der Waals surface area contributed by atoms with Crippen LogP contribution in [0.2, 0.25) is 0 Å². The van der Waals surface area contributed by atoms with Gasteiger partial charge in [-0.25, -0.2) is 0 Å². The molecule has 96 valence electrons. The van der Waals surface area contributed by atoms with Crippen molar-refractivity contribution in [2.45, 2.75) is 46.6 Å². The van der Waals surface area contributed by atoms with Crippen LogP contribution in [-0.4, -0.2) is 27.3 Å². The molecule has 0 aromatic carbocycles. The topological polar surface area (TPSA) is 57.0 Å². The Bertz CT molecular complexity index is 360. The molecule has 0 fully saturated rings. The monoisotopic (exact) mass is 239 g/mol. The fourth-order valence-electron chi connectivity index (χ4n) is 1.80. The molecule has 0 bridgehead atoms. The Morgan fingerprint density at radius 1 is 1.47 bits per heavy atom. The van der Waals surface area contributed by atoms with Crippen LogP contribution < -0.4 is 0 Å². The van der Waals surface area contributed by atoms with Crippen molar-refractivity contribution in [1.82, 2.24) is 14.8 Å². The molecule has 0 saturated heterocycles. The van der Waals surface area contributed by atoms with Gasteiger partial charge >= 0.3 is 5.97 Å². The van der Waals surface area contributed by atoms with Crippen LogP contribution in [-0.2, 0) is 16.1 Å². The van der Waals surface area contributed by atoms with Crippen LogP contribution in [0.15, 0.2) is 6.33 Å². The van der Waals surface area contributed by atoms with Crippen LogP contribution in [0.5, 0.6) is 0 Å². The second kappa shape index (κ2) is 6.37. The summed E-state index contributed by atoms with van der Waals surface area (Å²) in [5, 5.41) is 7.92. The van der Waals surface area contributed by atoms with Gasteiger partial charge in [0.25, 0.3) is 0 Å². The first-order valence-corrected chi connectivity index (χ1v) is 6.14. The average Bonchev–Trinajstić information content (AvgIpc) is 2.73. The number of ether oxygens (including phenoxy) is 1. The number of rotatable bonds is 6. The highest BCUT2D eigenvalue weighted by atomic mass is 16.5. The van der Waals surface area contributed by atoms with Crippen LogP contribution >= 0.6 is 0 Å². The van der Waals surface area contributed by atoms with Crippen molar-refractivity contribution in [2.75, 3.05) is 6.61 Å².